The summed E-state index contributed by atoms with van der Waals surface area (Å²) in [6.45, 7) is 0.773. The molecule has 0 spiro atoms. The largest absolute Gasteiger partial charge is 0.497 e. The molecule has 0 radical (unpaired) electrons. The lowest BCUT2D eigenvalue weighted by Crippen LogP contribution is -2.64. The second-order valence-electron chi connectivity index (χ2n) is 8.46. The summed E-state index contributed by atoms with van der Waals surface area (Å²) in [6, 6.07) is 12.2. The molecular weight excluding hydrogens is 426 g/mol. The maximum Gasteiger partial charge on any atom is 0.241 e. The third-order valence-electron chi connectivity index (χ3n) is 6.79. The van der Waals surface area contributed by atoms with E-state index in [2.05, 4.69) is 26.1 Å². The predicted octanol–water partition coefficient (Wildman–Crippen LogP) is 4.05. The molecule has 1 amide bonds. The van der Waals surface area contributed by atoms with Crippen LogP contribution in [0.2, 0.25) is 0 Å². The van der Waals surface area contributed by atoms with Gasteiger partial charge in [0.05, 0.1) is 33.1 Å². The Balaban J connectivity index is 1.43. The summed E-state index contributed by atoms with van der Waals surface area (Å²) in [5.41, 5.74) is 3.43. The van der Waals surface area contributed by atoms with Crippen LogP contribution in [0.1, 0.15) is 36.4 Å². The van der Waals surface area contributed by atoms with Crippen molar-refractivity contribution < 1.29 is 19.0 Å². The van der Waals surface area contributed by atoms with Crippen molar-refractivity contribution in [1.29, 1.82) is 0 Å². The van der Waals surface area contributed by atoms with Crippen LogP contribution in [0.3, 0.4) is 0 Å². The van der Waals surface area contributed by atoms with E-state index in [1.54, 1.807) is 21.3 Å². The first kappa shape index (κ1) is 21.3. The molecule has 3 aliphatic heterocycles. The van der Waals surface area contributed by atoms with Gasteiger partial charge in [-0.1, -0.05) is 6.07 Å². The molecule has 7 nitrogen and oxygen atoms in total. The lowest BCUT2D eigenvalue weighted by molar-refractivity contribution is -0.149. The number of amides is 1. The Hall–Kier alpha value is -2.58. The number of benzene rings is 2. The molecule has 8 heteroatoms. The van der Waals surface area contributed by atoms with E-state index in [0.717, 1.165) is 55.2 Å². The lowest BCUT2D eigenvalue weighted by Gasteiger charge is -2.54. The van der Waals surface area contributed by atoms with Gasteiger partial charge in [0.1, 0.15) is 23.3 Å². The Kier molecular flexibility index (Phi) is 5.82. The Labute approximate surface area is 193 Å². The first-order chi connectivity index (χ1) is 15.6. The fourth-order valence-electron chi connectivity index (χ4n) is 5.25. The fraction of sp³-hybridized carbons (Fsp3) is 0.458. The van der Waals surface area contributed by atoms with Gasteiger partial charge in [-0.25, -0.2) is 4.31 Å². The quantitative estimate of drug-likeness (QED) is 0.660. The van der Waals surface area contributed by atoms with Crippen LogP contribution in [-0.2, 0) is 11.2 Å². The summed E-state index contributed by atoms with van der Waals surface area (Å²) >= 11 is 1.52. The smallest absolute Gasteiger partial charge is 0.241 e. The number of ether oxygens (including phenoxy) is 3. The maximum atomic E-state index is 13.5. The minimum atomic E-state index is -0.102. The van der Waals surface area contributed by atoms with Crippen molar-refractivity contribution in [3.05, 3.63) is 47.5 Å². The number of piperazine rings is 1. The summed E-state index contributed by atoms with van der Waals surface area (Å²) in [7, 11) is 4.98. The number of piperidine rings is 1. The van der Waals surface area contributed by atoms with Crippen LogP contribution < -0.4 is 18.9 Å². The van der Waals surface area contributed by atoms with E-state index in [1.807, 2.05) is 24.3 Å². The minimum absolute atomic E-state index is 0.0721. The number of rotatable bonds is 6. The summed E-state index contributed by atoms with van der Waals surface area (Å²) in [4.78, 5) is 15.6. The van der Waals surface area contributed by atoms with Gasteiger partial charge in [0.25, 0.3) is 0 Å². The number of hydrogen-bond donors (Lipinski definition) is 1. The SMILES string of the molecule is COc1cc(NSN2C3CCCC2C2c4ccc(OC)cc4CCN2C3=O)cc(OC)c1. The molecule has 1 N–H and O–H groups in total. The van der Waals surface area contributed by atoms with E-state index in [9.17, 15) is 4.79 Å². The molecule has 0 saturated carbocycles. The van der Waals surface area contributed by atoms with Crippen LogP contribution in [-0.4, -0.2) is 55.1 Å². The molecule has 170 valence electrons. The van der Waals surface area contributed by atoms with Crippen LogP contribution >= 0.6 is 12.1 Å². The molecule has 3 aliphatic rings. The van der Waals surface area contributed by atoms with Gasteiger partial charge in [-0.05, 0) is 48.9 Å². The standard InChI is InChI=1S/C24H29N3O4S/c1-29-17-7-8-20-15(11-17)9-10-26-23(20)21-5-4-6-22(24(26)28)27(21)32-25-16-12-18(30-2)14-19(13-16)31-3/h7-8,11-14,21-23,25H,4-6,9-10H2,1-3H3. The summed E-state index contributed by atoms with van der Waals surface area (Å²) in [5, 5.41) is 0. The second kappa shape index (κ2) is 8.75. The molecule has 0 aromatic heterocycles. The Morgan fingerprint density at radius 2 is 1.72 bits per heavy atom. The number of nitrogens with one attached hydrogen (secondary N) is 1. The highest BCUT2D eigenvalue weighted by molar-refractivity contribution is 7.98. The van der Waals surface area contributed by atoms with Crippen molar-refractivity contribution in [3.8, 4) is 17.2 Å². The fourth-order valence-corrected chi connectivity index (χ4v) is 6.26. The predicted molar refractivity (Wildman–Crippen MR) is 125 cm³/mol. The van der Waals surface area contributed by atoms with Gasteiger partial charge in [0, 0.05) is 42.9 Å². The highest BCUT2D eigenvalue weighted by Crippen LogP contribution is 2.47. The number of nitrogens with zero attached hydrogens (tertiary/aromatic N) is 2. The van der Waals surface area contributed by atoms with Gasteiger partial charge in [-0.3, -0.25) is 4.79 Å². The highest BCUT2D eigenvalue weighted by atomic mass is 32.2. The van der Waals surface area contributed by atoms with E-state index < -0.39 is 0 Å². The van der Waals surface area contributed by atoms with Crippen molar-refractivity contribution >= 4 is 23.7 Å². The first-order valence-corrected chi connectivity index (χ1v) is 11.8. The number of hydrogen-bond acceptors (Lipinski definition) is 7. The molecule has 3 unspecified atom stereocenters. The summed E-state index contributed by atoms with van der Waals surface area (Å²) in [6.07, 6.45) is 3.90. The van der Waals surface area contributed by atoms with Crippen molar-refractivity contribution in [2.75, 3.05) is 32.6 Å². The average Bonchev–Trinajstić information content (AvgIpc) is 2.84. The molecular formula is C24H29N3O4S. The zero-order valence-electron chi connectivity index (χ0n) is 18.7. The minimum Gasteiger partial charge on any atom is -0.497 e. The Bertz CT molecular complexity index is 994. The molecule has 2 aromatic rings. The topological polar surface area (TPSA) is 63.3 Å². The zero-order chi connectivity index (χ0) is 22.2. The lowest BCUT2D eigenvalue weighted by atomic mass is 9.80. The number of anilines is 1. The monoisotopic (exact) mass is 455 g/mol. The van der Waals surface area contributed by atoms with E-state index >= 15 is 0 Å². The van der Waals surface area contributed by atoms with Crippen LogP contribution in [0, 0.1) is 0 Å². The third-order valence-corrected chi connectivity index (χ3v) is 7.85. The number of fused-ring (bicyclic) bond motifs is 6. The van der Waals surface area contributed by atoms with Gasteiger partial charge in [0.2, 0.25) is 5.91 Å². The van der Waals surface area contributed by atoms with Crippen LogP contribution in [0.25, 0.3) is 0 Å². The average molecular weight is 456 g/mol. The molecule has 3 heterocycles. The molecule has 2 saturated heterocycles. The van der Waals surface area contributed by atoms with E-state index in [4.69, 9.17) is 14.2 Å². The van der Waals surface area contributed by atoms with Crippen molar-refractivity contribution in [2.45, 2.75) is 43.8 Å². The molecule has 3 atom stereocenters. The van der Waals surface area contributed by atoms with Crippen LogP contribution in [0.4, 0.5) is 5.69 Å². The van der Waals surface area contributed by atoms with Gasteiger partial charge >= 0.3 is 0 Å². The Morgan fingerprint density at radius 1 is 0.969 bits per heavy atom. The van der Waals surface area contributed by atoms with Gasteiger partial charge in [-0.15, -0.1) is 0 Å². The number of carbonyl (C=O) groups is 1. The van der Waals surface area contributed by atoms with Gasteiger partial charge in [-0.2, -0.15) is 0 Å². The van der Waals surface area contributed by atoms with E-state index in [1.165, 1.54) is 23.3 Å². The number of carbonyl (C=O) groups excluding carboxylic acids is 1. The van der Waals surface area contributed by atoms with E-state index in [-0.39, 0.29) is 24.0 Å². The maximum absolute atomic E-state index is 13.5. The van der Waals surface area contributed by atoms with Gasteiger partial charge in [0.15, 0.2) is 0 Å². The molecule has 0 aliphatic carbocycles. The van der Waals surface area contributed by atoms with Crippen LogP contribution in [0.5, 0.6) is 17.2 Å². The third kappa shape index (κ3) is 3.65. The van der Waals surface area contributed by atoms with Crippen LogP contribution in [0.15, 0.2) is 36.4 Å². The van der Waals surface area contributed by atoms with E-state index in [0.29, 0.717) is 0 Å². The normalized spacial score (nSPS) is 24.4. The van der Waals surface area contributed by atoms with Crippen molar-refractivity contribution in [1.82, 2.24) is 9.21 Å². The van der Waals surface area contributed by atoms with Crippen molar-refractivity contribution in [2.24, 2.45) is 0 Å². The summed E-state index contributed by atoms with van der Waals surface area (Å²) in [5.74, 6) is 2.57. The van der Waals surface area contributed by atoms with Crippen molar-refractivity contribution in [3.63, 3.8) is 0 Å². The first-order valence-electron chi connectivity index (χ1n) is 11.0. The molecule has 5 rings (SSSR count). The molecule has 2 aromatic carbocycles. The van der Waals surface area contributed by atoms with Gasteiger partial charge < -0.3 is 23.8 Å². The highest BCUT2D eigenvalue weighted by Gasteiger charge is 2.51. The molecule has 2 fully saturated rings. The second-order valence-corrected chi connectivity index (χ2v) is 9.27. The Morgan fingerprint density at radius 3 is 2.44 bits per heavy atom. The number of methoxy groups -OCH3 is 3. The summed E-state index contributed by atoms with van der Waals surface area (Å²) < 4.78 is 22.0. The molecule has 32 heavy (non-hydrogen) atoms. The zero-order valence-corrected chi connectivity index (χ0v) is 19.5. The molecule has 2 bridgehead atoms.